The van der Waals surface area contributed by atoms with E-state index in [0.29, 0.717) is 5.70 Å². The van der Waals surface area contributed by atoms with Crippen LogP contribution in [0.4, 0.5) is 17.1 Å². The Labute approximate surface area is 127 Å². The smallest absolute Gasteiger partial charge is 0.288 e. The molecule has 2 aliphatic rings. The summed E-state index contributed by atoms with van der Waals surface area (Å²) in [5, 5.41) is 18.4. The van der Waals surface area contributed by atoms with Crippen molar-refractivity contribution >= 4 is 17.1 Å². The maximum Gasteiger partial charge on any atom is 0.288 e. The number of nitrogens with two attached hydrogens (primary N) is 1. The van der Waals surface area contributed by atoms with Crippen molar-refractivity contribution in [1.29, 1.82) is 0 Å². The molecule has 2 heterocycles. The number of fused-ring (bicyclic) bond motifs is 3. The number of hydrogen-bond acceptors (Lipinski definition) is 5. The highest BCUT2D eigenvalue weighted by Crippen LogP contribution is 2.40. The van der Waals surface area contributed by atoms with Gasteiger partial charge in [-0.3, -0.25) is 5.01 Å². The van der Waals surface area contributed by atoms with Crippen molar-refractivity contribution in [2.45, 2.75) is 13.2 Å². The van der Waals surface area contributed by atoms with Crippen molar-refractivity contribution in [2.24, 2.45) is 11.1 Å². The predicted molar refractivity (Wildman–Crippen MR) is 83.2 cm³/mol. The fraction of sp³-hybridized carbons (Fsp3) is 0.125. The van der Waals surface area contributed by atoms with Crippen LogP contribution in [-0.4, -0.2) is 16.0 Å². The summed E-state index contributed by atoms with van der Waals surface area (Å²) >= 11 is 0. The van der Waals surface area contributed by atoms with Crippen LogP contribution in [-0.2, 0) is 0 Å². The molecule has 0 saturated carbocycles. The highest BCUT2D eigenvalue weighted by molar-refractivity contribution is 5.76. The zero-order valence-corrected chi connectivity index (χ0v) is 12.1. The van der Waals surface area contributed by atoms with E-state index in [1.54, 1.807) is 15.9 Å². The molecule has 2 aromatic carbocycles. The Kier molecular flexibility index (Phi) is 2.75. The van der Waals surface area contributed by atoms with Crippen LogP contribution in [0, 0.1) is 6.92 Å². The van der Waals surface area contributed by atoms with Gasteiger partial charge in [0.05, 0.1) is 11.4 Å². The van der Waals surface area contributed by atoms with Crippen LogP contribution in [0.1, 0.15) is 5.56 Å². The van der Waals surface area contributed by atoms with E-state index in [-0.39, 0.29) is 0 Å². The van der Waals surface area contributed by atoms with E-state index in [1.165, 1.54) is 5.01 Å². The molecule has 0 fully saturated rings. The van der Waals surface area contributed by atoms with Crippen LogP contribution in [0.5, 0.6) is 0 Å². The number of aliphatic hydroxyl groups is 1. The summed E-state index contributed by atoms with van der Waals surface area (Å²) in [6.07, 6.45) is 0.826. The Bertz CT molecular complexity index is 796. The van der Waals surface area contributed by atoms with Gasteiger partial charge in [-0.25, -0.2) is 5.84 Å². The molecular formula is C16H16N5O+. The fourth-order valence-corrected chi connectivity index (χ4v) is 2.70. The monoisotopic (exact) mass is 294 g/mol. The number of aryl methyl sites for hydroxylation is 1. The summed E-state index contributed by atoms with van der Waals surface area (Å²) < 4.78 is 1.58. The zero-order chi connectivity index (χ0) is 15.3. The molecule has 1 atom stereocenters. The third kappa shape index (κ3) is 1.82. The van der Waals surface area contributed by atoms with Gasteiger partial charge in [0.2, 0.25) is 5.70 Å². The van der Waals surface area contributed by atoms with Crippen molar-refractivity contribution in [2.75, 3.05) is 10.0 Å². The van der Waals surface area contributed by atoms with E-state index in [2.05, 4.69) is 5.22 Å². The minimum absolute atomic E-state index is 0.627. The van der Waals surface area contributed by atoms with E-state index in [0.717, 1.165) is 22.6 Å². The number of benzene rings is 2. The summed E-state index contributed by atoms with van der Waals surface area (Å²) in [6.45, 7) is 2.02. The summed E-state index contributed by atoms with van der Waals surface area (Å²) in [6, 6.07) is 15.5. The Morgan fingerprint density at radius 3 is 2.50 bits per heavy atom. The van der Waals surface area contributed by atoms with Gasteiger partial charge in [0.1, 0.15) is 5.69 Å². The van der Waals surface area contributed by atoms with Crippen molar-refractivity contribution in [3.8, 4) is 0 Å². The third-order valence-electron chi connectivity index (χ3n) is 3.88. The number of para-hydroxylation sites is 2. The standard InChI is InChI=1S/C16H16N5O/c1-11-6-8-12(9-7-11)20-16(22)15-10-19(17)13-4-2-3-5-14(13)21(15)18-20/h2-10,16,22H,17H2,1H3/q+1. The van der Waals surface area contributed by atoms with Gasteiger partial charge in [0.15, 0.2) is 11.4 Å². The first-order valence-electron chi connectivity index (χ1n) is 7.05. The molecule has 0 amide bonds. The highest BCUT2D eigenvalue weighted by Gasteiger charge is 2.44. The number of aliphatic hydroxyl groups excluding tert-OH is 1. The van der Waals surface area contributed by atoms with Crippen LogP contribution < -0.4 is 15.9 Å². The van der Waals surface area contributed by atoms with Crippen molar-refractivity contribution in [3.63, 3.8) is 0 Å². The molecule has 0 aromatic heterocycles. The minimum atomic E-state index is -0.873. The van der Waals surface area contributed by atoms with Gasteiger partial charge in [-0.2, -0.15) is 0 Å². The van der Waals surface area contributed by atoms with Gasteiger partial charge in [0, 0.05) is 0 Å². The van der Waals surface area contributed by atoms with Crippen LogP contribution in [0.2, 0.25) is 0 Å². The lowest BCUT2D eigenvalue weighted by atomic mass is 10.2. The molecule has 6 nitrogen and oxygen atoms in total. The second kappa shape index (κ2) is 4.66. The van der Waals surface area contributed by atoms with Gasteiger partial charge >= 0.3 is 0 Å². The largest absolute Gasteiger partial charge is 0.347 e. The van der Waals surface area contributed by atoms with Crippen LogP contribution in [0.15, 0.2) is 65.7 Å². The quantitative estimate of drug-likeness (QED) is 0.626. The van der Waals surface area contributed by atoms with Gasteiger partial charge in [0.25, 0.3) is 6.23 Å². The molecule has 0 bridgehead atoms. The SMILES string of the molecule is Cc1ccc([N+]2=NN3C(=CN(N)c4ccccc43)C2O)cc1. The van der Waals surface area contributed by atoms with Crippen molar-refractivity contribution < 1.29 is 9.80 Å². The molecule has 0 saturated heterocycles. The maximum absolute atomic E-state index is 10.6. The highest BCUT2D eigenvalue weighted by atomic mass is 16.3. The zero-order valence-electron chi connectivity index (χ0n) is 12.1. The molecule has 0 spiro atoms. The van der Waals surface area contributed by atoms with E-state index in [1.807, 2.05) is 55.5 Å². The first-order chi connectivity index (χ1) is 10.6. The van der Waals surface area contributed by atoms with Crippen molar-refractivity contribution in [3.05, 3.63) is 66.0 Å². The van der Waals surface area contributed by atoms with Crippen LogP contribution in [0.25, 0.3) is 0 Å². The number of nitrogens with zero attached hydrogens (tertiary/aromatic N) is 4. The molecule has 0 aliphatic carbocycles. The summed E-state index contributed by atoms with van der Waals surface area (Å²) in [7, 11) is 0. The lowest BCUT2D eigenvalue weighted by Gasteiger charge is -2.23. The van der Waals surface area contributed by atoms with Gasteiger partial charge in [-0.05, 0) is 31.2 Å². The number of hydrogen-bond donors (Lipinski definition) is 2. The number of rotatable bonds is 1. The number of anilines is 2. The average Bonchev–Trinajstić information content (AvgIpc) is 2.86. The Morgan fingerprint density at radius 2 is 1.77 bits per heavy atom. The normalized spacial score (nSPS) is 19.5. The van der Waals surface area contributed by atoms with E-state index in [4.69, 9.17) is 5.84 Å². The molecule has 6 heteroatoms. The Hall–Kier alpha value is -2.70. The second-order valence-corrected chi connectivity index (χ2v) is 5.40. The van der Waals surface area contributed by atoms with Gasteiger partial charge in [-0.15, -0.1) is 0 Å². The van der Waals surface area contributed by atoms with Gasteiger partial charge < -0.3 is 5.11 Å². The molecule has 110 valence electrons. The topological polar surface area (TPSA) is 68.1 Å². The Balaban J connectivity index is 1.83. The summed E-state index contributed by atoms with van der Waals surface area (Å²) in [5.41, 5.74) is 4.30. The van der Waals surface area contributed by atoms with Crippen molar-refractivity contribution in [1.82, 2.24) is 0 Å². The van der Waals surface area contributed by atoms with E-state index >= 15 is 0 Å². The average molecular weight is 294 g/mol. The molecule has 2 aliphatic heterocycles. The lowest BCUT2D eigenvalue weighted by molar-refractivity contribution is -0.573. The molecule has 1 unspecified atom stereocenters. The molecule has 22 heavy (non-hydrogen) atoms. The predicted octanol–water partition coefficient (Wildman–Crippen LogP) is 2.38. The number of hydrazine groups is 1. The maximum atomic E-state index is 10.6. The van der Waals surface area contributed by atoms with Gasteiger partial charge in [-0.1, -0.05) is 39.5 Å². The lowest BCUT2D eigenvalue weighted by Crippen LogP contribution is -2.35. The van der Waals surface area contributed by atoms with E-state index in [9.17, 15) is 5.11 Å². The first kappa shape index (κ1) is 13.0. The first-order valence-corrected chi connectivity index (χ1v) is 7.05. The third-order valence-corrected chi connectivity index (χ3v) is 3.88. The minimum Gasteiger partial charge on any atom is -0.347 e. The molecular weight excluding hydrogens is 278 g/mol. The van der Waals surface area contributed by atoms with E-state index < -0.39 is 6.23 Å². The fourth-order valence-electron chi connectivity index (χ4n) is 2.70. The molecule has 0 radical (unpaired) electrons. The summed E-state index contributed by atoms with van der Waals surface area (Å²) in [5.74, 6) is 6.03. The second-order valence-electron chi connectivity index (χ2n) is 5.40. The molecule has 3 N–H and O–H groups in total. The summed E-state index contributed by atoms with van der Waals surface area (Å²) in [4.78, 5) is 0. The van der Waals surface area contributed by atoms with Crippen LogP contribution in [0.3, 0.4) is 0 Å². The molecule has 4 rings (SSSR count). The van der Waals surface area contributed by atoms with Crippen LogP contribution >= 0.6 is 0 Å². The Morgan fingerprint density at radius 1 is 1.09 bits per heavy atom. The molecule has 2 aromatic rings.